The van der Waals surface area contributed by atoms with Crippen molar-refractivity contribution >= 4 is 55.1 Å². The molecule has 7 heteroatoms. The minimum absolute atomic E-state index is 0.138. The number of aliphatic imine (C=N–C) groups is 1. The molecule has 0 saturated carbocycles. The van der Waals surface area contributed by atoms with Gasteiger partial charge in [0.1, 0.15) is 11.5 Å². The lowest BCUT2D eigenvalue weighted by Crippen LogP contribution is -1.89. The molecular weight excluding hydrogens is 426 g/mol. The minimum atomic E-state index is 0.138. The predicted molar refractivity (Wildman–Crippen MR) is 98.0 cm³/mol. The fourth-order valence-corrected chi connectivity index (χ4v) is 2.84. The van der Waals surface area contributed by atoms with Gasteiger partial charge in [-0.05, 0) is 62.2 Å². The smallest absolute Gasteiger partial charge is 0.230 e. The summed E-state index contributed by atoms with van der Waals surface area (Å²) >= 11 is 6.96. The van der Waals surface area contributed by atoms with Gasteiger partial charge in [-0.1, -0.05) is 0 Å². The molecule has 0 aliphatic rings. The molecule has 1 aromatic heterocycles. The molecule has 0 amide bonds. The number of hydrogen-bond acceptors (Lipinski definition) is 4. The molecule has 0 radical (unpaired) electrons. The van der Waals surface area contributed by atoms with E-state index >= 15 is 0 Å². The SMILES string of the molecule is COc1ccc(O)c(C=Nc2nc3cc(Br)c(Br)cc3n2C)c1. The predicted octanol–water partition coefficient (Wildman–Crippen LogP) is 4.56. The molecule has 0 spiro atoms. The van der Waals surface area contributed by atoms with Gasteiger partial charge in [-0.25, -0.2) is 9.98 Å². The van der Waals surface area contributed by atoms with Crippen molar-refractivity contribution in [2.24, 2.45) is 12.0 Å². The zero-order valence-electron chi connectivity index (χ0n) is 12.4. The van der Waals surface area contributed by atoms with Gasteiger partial charge in [0.25, 0.3) is 0 Å². The Labute approximate surface area is 149 Å². The van der Waals surface area contributed by atoms with E-state index in [4.69, 9.17) is 4.74 Å². The van der Waals surface area contributed by atoms with Crippen LogP contribution in [0.1, 0.15) is 5.56 Å². The first-order valence-electron chi connectivity index (χ1n) is 6.72. The van der Waals surface area contributed by atoms with E-state index in [-0.39, 0.29) is 5.75 Å². The van der Waals surface area contributed by atoms with Gasteiger partial charge in [0.2, 0.25) is 5.95 Å². The molecule has 0 atom stereocenters. The van der Waals surface area contributed by atoms with Crippen molar-refractivity contribution in [3.05, 3.63) is 44.8 Å². The quantitative estimate of drug-likeness (QED) is 0.609. The summed E-state index contributed by atoms with van der Waals surface area (Å²) in [5, 5.41) is 9.90. The molecule has 3 rings (SSSR count). The topological polar surface area (TPSA) is 59.6 Å². The van der Waals surface area contributed by atoms with E-state index in [0.29, 0.717) is 17.3 Å². The molecule has 1 N–H and O–H groups in total. The van der Waals surface area contributed by atoms with Crippen molar-refractivity contribution < 1.29 is 9.84 Å². The first-order chi connectivity index (χ1) is 11.0. The zero-order valence-corrected chi connectivity index (χ0v) is 15.6. The van der Waals surface area contributed by atoms with Crippen molar-refractivity contribution in [1.29, 1.82) is 0 Å². The second kappa shape index (κ2) is 6.33. The summed E-state index contributed by atoms with van der Waals surface area (Å²) in [6.07, 6.45) is 1.57. The molecule has 23 heavy (non-hydrogen) atoms. The Hall–Kier alpha value is -1.86. The van der Waals surface area contributed by atoms with Crippen LogP contribution in [0.5, 0.6) is 11.5 Å². The number of rotatable bonds is 3. The molecule has 0 unspecified atom stereocenters. The van der Waals surface area contributed by atoms with Gasteiger partial charge in [-0.15, -0.1) is 0 Å². The standard InChI is InChI=1S/C16H13Br2N3O2/c1-21-14-7-12(18)11(17)6-13(14)20-16(21)19-8-9-5-10(23-2)3-4-15(9)22/h3-8,22H,1-2H3. The minimum Gasteiger partial charge on any atom is -0.507 e. The van der Waals surface area contributed by atoms with E-state index in [1.165, 1.54) is 0 Å². The molecule has 0 aliphatic carbocycles. The van der Waals surface area contributed by atoms with Gasteiger partial charge >= 0.3 is 0 Å². The molecule has 0 saturated heterocycles. The number of nitrogens with zero attached hydrogens (tertiary/aromatic N) is 3. The number of aromatic hydroxyl groups is 1. The van der Waals surface area contributed by atoms with Crippen molar-refractivity contribution in [3.63, 3.8) is 0 Å². The molecule has 1 heterocycles. The van der Waals surface area contributed by atoms with E-state index in [2.05, 4.69) is 41.8 Å². The van der Waals surface area contributed by atoms with Crippen LogP contribution in [0.25, 0.3) is 11.0 Å². The summed E-state index contributed by atoms with van der Waals surface area (Å²) in [6.45, 7) is 0. The number of phenols is 1. The van der Waals surface area contributed by atoms with Gasteiger partial charge in [0.05, 0.1) is 18.1 Å². The summed E-state index contributed by atoms with van der Waals surface area (Å²) < 4.78 is 8.93. The number of aryl methyl sites for hydroxylation is 1. The largest absolute Gasteiger partial charge is 0.507 e. The monoisotopic (exact) mass is 437 g/mol. The molecular formula is C16H13Br2N3O2. The van der Waals surface area contributed by atoms with Crippen LogP contribution < -0.4 is 4.74 Å². The molecule has 0 fully saturated rings. The highest BCUT2D eigenvalue weighted by atomic mass is 79.9. The zero-order chi connectivity index (χ0) is 16.6. The summed E-state index contributed by atoms with van der Waals surface area (Å²) in [6, 6.07) is 8.89. The summed E-state index contributed by atoms with van der Waals surface area (Å²) in [5.41, 5.74) is 2.37. The van der Waals surface area contributed by atoms with Crippen molar-refractivity contribution in [3.8, 4) is 11.5 Å². The third kappa shape index (κ3) is 3.11. The molecule has 0 bridgehead atoms. The fourth-order valence-electron chi connectivity index (χ4n) is 2.18. The Balaban J connectivity index is 2.03. The van der Waals surface area contributed by atoms with Crippen LogP contribution in [0, 0.1) is 0 Å². The number of phenolic OH excluding ortho intramolecular Hbond substituents is 1. The van der Waals surface area contributed by atoms with Crippen molar-refractivity contribution in [1.82, 2.24) is 9.55 Å². The second-order valence-electron chi connectivity index (χ2n) is 4.91. The van der Waals surface area contributed by atoms with Crippen LogP contribution in [-0.2, 0) is 7.05 Å². The number of halogens is 2. The number of ether oxygens (including phenoxy) is 1. The van der Waals surface area contributed by atoms with Crippen LogP contribution in [0.4, 0.5) is 5.95 Å². The van der Waals surface area contributed by atoms with Crippen LogP contribution in [0.3, 0.4) is 0 Å². The number of aromatic nitrogens is 2. The van der Waals surface area contributed by atoms with Gasteiger partial charge < -0.3 is 14.4 Å². The maximum Gasteiger partial charge on any atom is 0.230 e. The maximum atomic E-state index is 9.90. The highest BCUT2D eigenvalue weighted by Gasteiger charge is 2.09. The molecule has 3 aromatic rings. The number of methoxy groups -OCH3 is 1. The van der Waals surface area contributed by atoms with Crippen molar-refractivity contribution in [2.75, 3.05) is 7.11 Å². The lowest BCUT2D eigenvalue weighted by molar-refractivity contribution is 0.412. The van der Waals surface area contributed by atoms with E-state index < -0.39 is 0 Å². The van der Waals surface area contributed by atoms with Gasteiger partial charge in [-0.3, -0.25) is 0 Å². The van der Waals surface area contributed by atoms with E-state index in [1.54, 1.807) is 31.5 Å². The van der Waals surface area contributed by atoms with Gasteiger partial charge in [0, 0.05) is 27.8 Å². The van der Waals surface area contributed by atoms with Crippen LogP contribution >= 0.6 is 31.9 Å². The first-order valence-corrected chi connectivity index (χ1v) is 8.30. The maximum absolute atomic E-state index is 9.90. The molecule has 2 aromatic carbocycles. The summed E-state index contributed by atoms with van der Waals surface area (Å²) in [7, 11) is 3.47. The number of benzene rings is 2. The third-order valence-corrected chi connectivity index (χ3v) is 5.30. The highest BCUT2D eigenvalue weighted by Crippen LogP contribution is 2.30. The van der Waals surface area contributed by atoms with Crippen LogP contribution in [0.15, 0.2) is 44.3 Å². The lowest BCUT2D eigenvalue weighted by atomic mass is 10.2. The fraction of sp³-hybridized carbons (Fsp3) is 0.125. The van der Waals surface area contributed by atoms with Crippen LogP contribution in [-0.4, -0.2) is 28.0 Å². The van der Waals surface area contributed by atoms with E-state index in [9.17, 15) is 5.11 Å². The van der Waals surface area contributed by atoms with E-state index in [0.717, 1.165) is 20.0 Å². The normalized spacial score (nSPS) is 11.5. The van der Waals surface area contributed by atoms with Gasteiger partial charge in [-0.2, -0.15) is 0 Å². The Morgan fingerprint density at radius 3 is 2.70 bits per heavy atom. The number of hydrogen-bond donors (Lipinski definition) is 1. The van der Waals surface area contributed by atoms with Crippen LogP contribution in [0.2, 0.25) is 0 Å². The first kappa shape index (κ1) is 16.0. The average molecular weight is 439 g/mol. The number of fused-ring (bicyclic) bond motifs is 1. The molecule has 5 nitrogen and oxygen atoms in total. The average Bonchev–Trinajstić information content (AvgIpc) is 2.83. The summed E-state index contributed by atoms with van der Waals surface area (Å²) in [5.74, 6) is 1.34. The van der Waals surface area contributed by atoms with Crippen molar-refractivity contribution in [2.45, 2.75) is 0 Å². The summed E-state index contributed by atoms with van der Waals surface area (Å²) in [4.78, 5) is 8.89. The third-order valence-electron chi connectivity index (χ3n) is 3.45. The molecule has 0 aliphatic heterocycles. The Morgan fingerprint density at radius 1 is 1.22 bits per heavy atom. The number of imidazole rings is 1. The Bertz CT molecular complexity index is 919. The molecule has 118 valence electrons. The second-order valence-corrected chi connectivity index (χ2v) is 6.62. The Kier molecular flexibility index (Phi) is 4.41. The lowest BCUT2D eigenvalue weighted by Gasteiger charge is -2.03. The van der Waals surface area contributed by atoms with Gasteiger partial charge in [0.15, 0.2) is 0 Å². The Morgan fingerprint density at radius 2 is 1.96 bits per heavy atom. The van der Waals surface area contributed by atoms with E-state index in [1.807, 2.05) is 23.7 Å². The highest BCUT2D eigenvalue weighted by molar-refractivity contribution is 9.13.